The number of carbonyl (C=O) groups is 1. The number of hydrogen-bond donors (Lipinski definition) is 2. The fourth-order valence-corrected chi connectivity index (χ4v) is 1.61. The van der Waals surface area contributed by atoms with Gasteiger partial charge in [-0.05, 0) is 37.4 Å². The largest absolute Gasteiger partial charge is 0.349 e. The molecule has 0 bridgehead atoms. The molecular weight excluding hydrogens is 188 g/mol. The lowest BCUT2D eigenvalue weighted by Crippen LogP contribution is -2.26. The van der Waals surface area contributed by atoms with Crippen LogP contribution in [0.3, 0.4) is 0 Å². The summed E-state index contributed by atoms with van der Waals surface area (Å²) in [4.78, 5) is 11.8. The third-order valence-corrected chi connectivity index (χ3v) is 2.59. The van der Waals surface area contributed by atoms with Gasteiger partial charge in [-0.1, -0.05) is 18.2 Å². The molecule has 1 saturated carbocycles. The van der Waals surface area contributed by atoms with Crippen LogP contribution in [-0.4, -0.2) is 18.5 Å². The molecule has 15 heavy (non-hydrogen) atoms. The Hall–Kier alpha value is -1.35. The molecule has 0 aliphatic heterocycles. The van der Waals surface area contributed by atoms with Crippen LogP contribution >= 0.6 is 0 Å². The molecule has 0 spiro atoms. The fraction of sp³-hybridized carbons (Fsp3) is 0.417. The van der Waals surface area contributed by atoms with Gasteiger partial charge >= 0.3 is 0 Å². The molecule has 80 valence electrons. The zero-order valence-electron chi connectivity index (χ0n) is 8.70. The molecule has 0 unspecified atom stereocenters. The molecule has 2 rings (SSSR count). The van der Waals surface area contributed by atoms with Crippen molar-refractivity contribution in [1.29, 1.82) is 0 Å². The van der Waals surface area contributed by atoms with Gasteiger partial charge in [0, 0.05) is 11.6 Å². The first-order chi connectivity index (χ1) is 7.31. The molecule has 0 radical (unpaired) electrons. The standard InChI is InChI=1S/C12H16N2O/c13-8-7-9-3-1-2-4-11(9)12(15)14-10-5-6-10/h1-4,10H,5-8,13H2,(H,14,15). The van der Waals surface area contributed by atoms with Crippen molar-refractivity contribution in [2.24, 2.45) is 5.73 Å². The molecule has 3 heteroatoms. The molecule has 0 heterocycles. The third kappa shape index (κ3) is 2.57. The zero-order chi connectivity index (χ0) is 10.7. The normalized spacial score (nSPS) is 15.0. The topological polar surface area (TPSA) is 55.1 Å². The van der Waals surface area contributed by atoms with Crippen molar-refractivity contribution in [2.75, 3.05) is 6.54 Å². The number of hydrogen-bond acceptors (Lipinski definition) is 2. The summed E-state index contributed by atoms with van der Waals surface area (Å²) in [5.74, 6) is 0.0431. The Labute approximate surface area is 89.7 Å². The monoisotopic (exact) mass is 204 g/mol. The van der Waals surface area contributed by atoms with Crippen LogP contribution in [0.4, 0.5) is 0 Å². The first-order valence-electron chi connectivity index (χ1n) is 5.40. The average molecular weight is 204 g/mol. The summed E-state index contributed by atoms with van der Waals surface area (Å²) in [5, 5.41) is 2.99. The number of benzene rings is 1. The Bertz CT molecular complexity index is 358. The summed E-state index contributed by atoms with van der Waals surface area (Å²) in [7, 11) is 0. The van der Waals surface area contributed by atoms with Crippen molar-refractivity contribution >= 4 is 5.91 Å². The van der Waals surface area contributed by atoms with Gasteiger partial charge in [-0.15, -0.1) is 0 Å². The van der Waals surface area contributed by atoms with Crippen LogP contribution in [0, 0.1) is 0 Å². The summed E-state index contributed by atoms with van der Waals surface area (Å²) < 4.78 is 0. The lowest BCUT2D eigenvalue weighted by atomic mass is 10.0. The lowest BCUT2D eigenvalue weighted by molar-refractivity contribution is 0.0950. The van der Waals surface area contributed by atoms with E-state index in [0.717, 1.165) is 30.4 Å². The van der Waals surface area contributed by atoms with E-state index in [1.54, 1.807) is 0 Å². The van der Waals surface area contributed by atoms with E-state index in [4.69, 9.17) is 5.73 Å². The lowest BCUT2D eigenvalue weighted by Gasteiger charge is -2.08. The van der Waals surface area contributed by atoms with Gasteiger partial charge in [0.05, 0.1) is 0 Å². The maximum Gasteiger partial charge on any atom is 0.251 e. The minimum Gasteiger partial charge on any atom is -0.349 e. The Morgan fingerprint density at radius 3 is 2.80 bits per heavy atom. The number of nitrogens with one attached hydrogen (secondary N) is 1. The molecule has 1 aromatic rings. The SMILES string of the molecule is NCCc1ccccc1C(=O)NC1CC1. The van der Waals surface area contributed by atoms with Crippen molar-refractivity contribution in [2.45, 2.75) is 25.3 Å². The smallest absolute Gasteiger partial charge is 0.251 e. The highest BCUT2D eigenvalue weighted by Crippen LogP contribution is 2.20. The van der Waals surface area contributed by atoms with Crippen molar-refractivity contribution in [3.63, 3.8) is 0 Å². The van der Waals surface area contributed by atoms with Crippen LogP contribution in [-0.2, 0) is 6.42 Å². The Kier molecular flexibility index (Phi) is 3.02. The molecule has 1 aliphatic carbocycles. The van der Waals surface area contributed by atoms with E-state index >= 15 is 0 Å². The van der Waals surface area contributed by atoms with Gasteiger partial charge in [0.15, 0.2) is 0 Å². The molecule has 0 atom stereocenters. The minimum atomic E-state index is 0.0431. The third-order valence-electron chi connectivity index (χ3n) is 2.59. The zero-order valence-corrected chi connectivity index (χ0v) is 8.70. The first kappa shape index (κ1) is 10.2. The second-order valence-electron chi connectivity index (χ2n) is 3.94. The van der Waals surface area contributed by atoms with Gasteiger partial charge < -0.3 is 11.1 Å². The predicted molar refractivity (Wildman–Crippen MR) is 59.7 cm³/mol. The number of amides is 1. The van der Waals surface area contributed by atoms with Crippen LogP contribution < -0.4 is 11.1 Å². The van der Waals surface area contributed by atoms with Crippen molar-refractivity contribution in [3.05, 3.63) is 35.4 Å². The summed E-state index contributed by atoms with van der Waals surface area (Å²) in [6, 6.07) is 8.07. The maximum atomic E-state index is 11.8. The highest BCUT2D eigenvalue weighted by atomic mass is 16.1. The van der Waals surface area contributed by atoms with Gasteiger partial charge in [0.1, 0.15) is 0 Å². The summed E-state index contributed by atoms with van der Waals surface area (Å²) in [6.45, 7) is 0.577. The molecule has 3 N–H and O–H groups in total. The highest BCUT2D eigenvalue weighted by Gasteiger charge is 2.24. The molecule has 1 aliphatic rings. The van der Waals surface area contributed by atoms with Crippen molar-refractivity contribution in [1.82, 2.24) is 5.32 Å². The molecule has 1 fully saturated rings. The number of carbonyl (C=O) groups excluding carboxylic acids is 1. The van der Waals surface area contributed by atoms with E-state index in [1.165, 1.54) is 0 Å². The fourth-order valence-electron chi connectivity index (χ4n) is 1.61. The van der Waals surface area contributed by atoms with E-state index in [9.17, 15) is 4.79 Å². The van der Waals surface area contributed by atoms with Crippen LogP contribution in [0.15, 0.2) is 24.3 Å². The molecule has 0 saturated heterocycles. The summed E-state index contributed by atoms with van der Waals surface area (Å²) >= 11 is 0. The first-order valence-corrected chi connectivity index (χ1v) is 5.40. The second kappa shape index (κ2) is 4.45. The molecule has 1 amide bonds. The average Bonchev–Trinajstić information content (AvgIpc) is 3.03. The summed E-state index contributed by atoms with van der Waals surface area (Å²) in [6.07, 6.45) is 2.99. The minimum absolute atomic E-state index is 0.0431. The van der Waals surface area contributed by atoms with Crippen molar-refractivity contribution in [3.8, 4) is 0 Å². The van der Waals surface area contributed by atoms with Crippen LogP contribution in [0.25, 0.3) is 0 Å². The van der Waals surface area contributed by atoms with Gasteiger partial charge in [-0.3, -0.25) is 4.79 Å². The molecule has 1 aromatic carbocycles. The van der Waals surface area contributed by atoms with E-state index in [-0.39, 0.29) is 5.91 Å². The van der Waals surface area contributed by atoms with Crippen LogP contribution in [0.5, 0.6) is 0 Å². The van der Waals surface area contributed by atoms with Crippen molar-refractivity contribution < 1.29 is 4.79 Å². The predicted octanol–water partition coefficient (Wildman–Crippen LogP) is 1.08. The quantitative estimate of drug-likeness (QED) is 0.771. The van der Waals surface area contributed by atoms with Gasteiger partial charge in [0.2, 0.25) is 0 Å². The second-order valence-corrected chi connectivity index (χ2v) is 3.94. The Morgan fingerprint density at radius 2 is 2.13 bits per heavy atom. The Morgan fingerprint density at radius 1 is 1.40 bits per heavy atom. The van der Waals surface area contributed by atoms with Crippen LogP contribution in [0.1, 0.15) is 28.8 Å². The Balaban J connectivity index is 2.13. The van der Waals surface area contributed by atoms with E-state index in [2.05, 4.69) is 5.32 Å². The van der Waals surface area contributed by atoms with Gasteiger partial charge in [-0.2, -0.15) is 0 Å². The van der Waals surface area contributed by atoms with Gasteiger partial charge in [0.25, 0.3) is 5.91 Å². The van der Waals surface area contributed by atoms with Crippen LogP contribution in [0.2, 0.25) is 0 Å². The maximum absolute atomic E-state index is 11.8. The highest BCUT2D eigenvalue weighted by molar-refractivity contribution is 5.96. The molecular formula is C12H16N2O. The van der Waals surface area contributed by atoms with E-state index in [0.29, 0.717) is 12.6 Å². The van der Waals surface area contributed by atoms with E-state index < -0.39 is 0 Å². The number of rotatable bonds is 4. The summed E-state index contributed by atoms with van der Waals surface area (Å²) in [5.41, 5.74) is 7.32. The number of nitrogens with two attached hydrogens (primary N) is 1. The molecule has 0 aromatic heterocycles. The van der Waals surface area contributed by atoms with Gasteiger partial charge in [-0.25, -0.2) is 0 Å². The van der Waals surface area contributed by atoms with E-state index in [1.807, 2.05) is 24.3 Å². The molecule has 3 nitrogen and oxygen atoms in total.